The van der Waals surface area contributed by atoms with Crippen molar-refractivity contribution in [2.75, 3.05) is 20.6 Å². The molecule has 1 aliphatic carbocycles. The maximum Gasteiger partial charge on any atom is 0.255 e. The molecule has 2 heterocycles. The van der Waals surface area contributed by atoms with Crippen LogP contribution < -0.4 is 0 Å². The molecule has 0 unspecified atom stereocenters. The highest BCUT2D eigenvalue weighted by atomic mass is 16.3. The van der Waals surface area contributed by atoms with E-state index in [1.54, 1.807) is 29.4 Å². The molecule has 0 radical (unpaired) electrons. The summed E-state index contributed by atoms with van der Waals surface area (Å²) in [5.41, 5.74) is -0.150. The zero-order valence-electron chi connectivity index (χ0n) is 15.9. The van der Waals surface area contributed by atoms with E-state index in [4.69, 9.17) is 0 Å². The number of pyridine rings is 1. The Bertz CT molecular complexity index is 619. The minimum atomic E-state index is -0.650. The maximum atomic E-state index is 12.6. The SMILES string of the molecule is CN(C[C@H]1C[C@]2(C)[C@@H](CCCC[C@]2(C)O)N1C)C(=O)c1cccnc1. The number of hydrogen-bond donors (Lipinski definition) is 1. The van der Waals surface area contributed by atoms with Crippen molar-refractivity contribution in [1.29, 1.82) is 0 Å². The molecule has 3 rings (SSSR count). The maximum absolute atomic E-state index is 12.6. The van der Waals surface area contributed by atoms with Crippen molar-refractivity contribution in [3.8, 4) is 0 Å². The number of likely N-dealkylation sites (N-methyl/N-ethyl adjacent to an activating group) is 2. The molecular weight excluding hydrogens is 314 g/mol. The molecule has 1 saturated carbocycles. The number of fused-ring (bicyclic) bond motifs is 1. The van der Waals surface area contributed by atoms with Gasteiger partial charge in [0.2, 0.25) is 0 Å². The second kappa shape index (κ2) is 6.69. The molecule has 5 nitrogen and oxygen atoms in total. The Balaban J connectivity index is 1.75. The van der Waals surface area contributed by atoms with Gasteiger partial charge in [0.05, 0.1) is 11.2 Å². The van der Waals surface area contributed by atoms with Gasteiger partial charge in [0.15, 0.2) is 0 Å². The van der Waals surface area contributed by atoms with Crippen LogP contribution in [0.4, 0.5) is 0 Å². The summed E-state index contributed by atoms with van der Waals surface area (Å²) in [5.74, 6) is 0.00510. The molecule has 1 amide bonds. The lowest BCUT2D eigenvalue weighted by molar-refractivity contribution is -0.0754. The highest BCUT2D eigenvalue weighted by Crippen LogP contribution is 2.52. The van der Waals surface area contributed by atoms with Gasteiger partial charge >= 0.3 is 0 Å². The van der Waals surface area contributed by atoms with Crippen LogP contribution in [0.15, 0.2) is 24.5 Å². The number of aliphatic hydroxyl groups is 1. The Kier molecular flexibility index (Phi) is 4.91. The van der Waals surface area contributed by atoms with Crippen molar-refractivity contribution in [3.05, 3.63) is 30.1 Å². The summed E-state index contributed by atoms with van der Waals surface area (Å²) < 4.78 is 0. The van der Waals surface area contributed by atoms with Crippen LogP contribution in [-0.4, -0.2) is 64.1 Å². The molecule has 138 valence electrons. The molecule has 0 aromatic carbocycles. The second-order valence-corrected chi connectivity index (χ2v) is 8.40. The number of rotatable bonds is 3. The molecule has 2 aliphatic rings. The van der Waals surface area contributed by atoms with Crippen molar-refractivity contribution in [1.82, 2.24) is 14.8 Å². The predicted molar refractivity (Wildman–Crippen MR) is 98.4 cm³/mol. The average molecular weight is 345 g/mol. The summed E-state index contributed by atoms with van der Waals surface area (Å²) in [6.45, 7) is 4.92. The molecule has 1 N–H and O–H groups in total. The molecule has 5 heteroatoms. The molecule has 25 heavy (non-hydrogen) atoms. The van der Waals surface area contributed by atoms with Crippen LogP contribution in [0.3, 0.4) is 0 Å². The third kappa shape index (κ3) is 3.20. The second-order valence-electron chi connectivity index (χ2n) is 8.40. The van der Waals surface area contributed by atoms with E-state index in [1.165, 1.54) is 0 Å². The first-order valence-corrected chi connectivity index (χ1v) is 9.36. The van der Waals surface area contributed by atoms with Gasteiger partial charge < -0.3 is 10.0 Å². The molecule has 1 aliphatic heterocycles. The molecule has 4 atom stereocenters. The van der Waals surface area contributed by atoms with Crippen molar-refractivity contribution >= 4 is 5.91 Å². The van der Waals surface area contributed by atoms with E-state index in [0.29, 0.717) is 18.2 Å². The number of nitrogens with zero attached hydrogens (tertiary/aromatic N) is 3. The van der Waals surface area contributed by atoms with E-state index in [2.05, 4.69) is 23.9 Å². The Labute approximate surface area is 151 Å². The van der Waals surface area contributed by atoms with E-state index in [-0.39, 0.29) is 17.4 Å². The molecule has 1 aromatic heterocycles. The fourth-order valence-corrected chi connectivity index (χ4v) is 4.97. The average Bonchev–Trinajstić information content (AvgIpc) is 2.76. The first-order valence-electron chi connectivity index (χ1n) is 9.36. The zero-order chi connectivity index (χ0) is 18.2. The van der Waals surface area contributed by atoms with Gasteiger partial charge in [-0.15, -0.1) is 0 Å². The van der Waals surface area contributed by atoms with E-state index in [0.717, 1.165) is 32.1 Å². The van der Waals surface area contributed by atoms with E-state index >= 15 is 0 Å². The lowest BCUT2D eigenvalue weighted by Crippen LogP contribution is -2.50. The minimum absolute atomic E-state index is 0.00510. The topological polar surface area (TPSA) is 56.7 Å². The third-order valence-electron chi connectivity index (χ3n) is 6.82. The summed E-state index contributed by atoms with van der Waals surface area (Å²) in [6.07, 6.45) is 8.47. The van der Waals surface area contributed by atoms with E-state index in [9.17, 15) is 9.90 Å². The number of carbonyl (C=O) groups excluding carboxylic acids is 1. The number of amides is 1. The summed E-state index contributed by atoms with van der Waals surface area (Å²) in [7, 11) is 4.02. The third-order valence-corrected chi connectivity index (χ3v) is 6.82. The molecular formula is C20H31N3O2. The normalized spacial score (nSPS) is 35.9. The predicted octanol–water partition coefficient (Wildman–Crippen LogP) is 2.56. The van der Waals surface area contributed by atoms with Crippen LogP contribution in [0.25, 0.3) is 0 Å². The Morgan fingerprint density at radius 3 is 2.88 bits per heavy atom. The van der Waals surface area contributed by atoms with Crippen LogP contribution in [0.2, 0.25) is 0 Å². The largest absolute Gasteiger partial charge is 0.390 e. The van der Waals surface area contributed by atoms with Crippen LogP contribution in [0.1, 0.15) is 56.3 Å². The van der Waals surface area contributed by atoms with Crippen molar-refractivity contribution in [2.24, 2.45) is 5.41 Å². The number of hydrogen-bond acceptors (Lipinski definition) is 4. The van der Waals surface area contributed by atoms with E-state index in [1.807, 2.05) is 14.0 Å². The van der Waals surface area contributed by atoms with Gasteiger partial charge in [0, 0.05) is 43.5 Å². The lowest BCUT2D eigenvalue weighted by atomic mass is 9.67. The fourth-order valence-electron chi connectivity index (χ4n) is 4.97. The lowest BCUT2D eigenvalue weighted by Gasteiger charge is -2.43. The first kappa shape index (κ1) is 18.3. The Morgan fingerprint density at radius 1 is 1.44 bits per heavy atom. The number of likely N-dealkylation sites (tertiary alicyclic amines) is 1. The Hall–Kier alpha value is -1.46. The monoisotopic (exact) mass is 345 g/mol. The van der Waals surface area contributed by atoms with E-state index < -0.39 is 5.60 Å². The highest BCUT2D eigenvalue weighted by molar-refractivity contribution is 5.93. The van der Waals surface area contributed by atoms with Crippen molar-refractivity contribution in [2.45, 2.75) is 63.6 Å². The smallest absolute Gasteiger partial charge is 0.255 e. The van der Waals surface area contributed by atoms with Gasteiger partial charge in [0.1, 0.15) is 0 Å². The van der Waals surface area contributed by atoms with Gasteiger partial charge in [0.25, 0.3) is 5.91 Å². The molecule has 1 aromatic rings. The van der Waals surface area contributed by atoms with Gasteiger partial charge in [-0.2, -0.15) is 0 Å². The van der Waals surface area contributed by atoms with Gasteiger partial charge in [-0.05, 0) is 45.4 Å². The molecule has 1 saturated heterocycles. The van der Waals surface area contributed by atoms with Crippen LogP contribution in [0, 0.1) is 5.41 Å². The van der Waals surface area contributed by atoms with Gasteiger partial charge in [-0.25, -0.2) is 0 Å². The highest BCUT2D eigenvalue weighted by Gasteiger charge is 2.57. The van der Waals surface area contributed by atoms with Crippen molar-refractivity contribution in [3.63, 3.8) is 0 Å². The van der Waals surface area contributed by atoms with Crippen LogP contribution in [0.5, 0.6) is 0 Å². The fraction of sp³-hybridized carbons (Fsp3) is 0.700. The molecule has 0 bridgehead atoms. The quantitative estimate of drug-likeness (QED) is 0.915. The van der Waals surface area contributed by atoms with Crippen LogP contribution >= 0.6 is 0 Å². The number of aromatic nitrogens is 1. The minimum Gasteiger partial charge on any atom is -0.390 e. The Morgan fingerprint density at radius 2 is 2.20 bits per heavy atom. The van der Waals surface area contributed by atoms with Gasteiger partial charge in [-0.1, -0.05) is 19.8 Å². The summed E-state index contributed by atoms with van der Waals surface area (Å²) in [5, 5.41) is 11.1. The number of carbonyl (C=O) groups is 1. The standard InChI is InChI=1S/C20H31N3O2/c1-19-12-16(14-22(3)18(24)15-8-7-11-21-13-15)23(4)17(19)9-5-6-10-20(19,2)25/h7-8,11,13,16-17,25H,5-6,9-10,12,14H2,1-4H3/t16-,17-,19-,20+/m1/s1. The zero-order valence-corrected chi connectivity index (χ0v) is 15.9. The summed E-state index contributed by atoms with van der Waals surface area (Å²) >= 11 is 0. The molecule has 0 spiro atoms. The first-order chi connectivity index (χ1) is 11.8. The van der Waals surface area contributed by atoms with Crippen LogP contribution in [-0.2, 0) is 0 Å². The summed E-state index contributed by atoms with van der Waals surface area (Å²) in [4.78, 5) is 20.9. The van der Waals surface area contributed by atoms with Gasteiger partial charge in [-0.3, -0.25) is 14.7 Å². The van der Waals surface area contributed by atoms with Crippen molar-refractivity contribution < 1.29 is 9.90 Å². The molecule has 2 fully saturated rings. The summed E-state index contributed by atoms with van der Waals surface area (Å²) in [6, 6.07) is 4.24.